The second-order valence-corrected chi connectivity index (χ2v) is 5.43. The standard InChI is InChI=1S/C9H18N4O2S/c1-4-10-5-6-16(14,15)13-9-7(2)11-12-8(9)3/h10,13H,4-6H2,1-3H3,(H,11,12). The van der Waals surface area contributed by atoms with Gasteiger partial charge in [0.05, 0.1) is 22.8 Å². The molecule has 6 nitrogen and oxygen atoms in total. The Bertz CT molecular complexity index is 419. The molecule has 0 aliphatic carbocycles. The smallest absolute Gasteiger partial charge is 0.234 e. The first-order valence-corrected chi connectivity index (χ1v) is 6.84. The number of rotatable bonds is 6. The van der Waals surface area contributed by atoms with Crippen molar-refractivity contribution in [3.8, 4) is 0 Å². The first-order valence-electron chi connectivity index (χ1n) is 5.19. The summed E-state index contributed by atoms with van der Waals surface area (Å²) < 4.78 is 25.9. The SMILES string of the molecule is CCNCCS(=O)(=O)Nc1c(C)n[nH]c1C. The molecule has 0 aliphatic rings. The van der Waals surface area contributed by atoms with Crippen LogP contribution in [0.5, 0.6) is 0 Å². The first-order chi connectivity index (χ1) is 7.46. The van der Waals surface area contributed by atoms with Crippen LogP contribution in [0.1, 0.15) is 18.3 Å². The van der Waals surface area contributed by atoms with Gasteiger partial charge in [-0.05, 0) is 20.4 Å². The summed E-state index contributed by atoms with van der Waals surface area (Å²) in [6.07, 6.45) is 0. The molecule has 0 spiro atoms. The van der Waals surface area contributed by atoms with E-state index in [-0.39, 0.29) is 5.75 Å². The molecule has 92 valence electrons. The highest BCUT2D eigenvalue weighted by Gasteiger charge is 2.14. The Balaban J connectivity index is 2.66. The quantitative estimate of drug-likeness (QED) is 0.633. The number of H-pyrrole nitrogens is 1. The maximum atomic E-state index is 11.7. The first kappa shape index (κ1) is 13.0. The van der Waals surface area contributed by atoms with Gasteiger partial charge in [0.2, 0.25) is 10.0 Å². The minimum atomic E-state index is -3.29. The highest BCUT2D eigenvalue weighted by molar-refractivity contribution is 7.92. The van der Waals surface area contributed by atoms with E-state index >= 15 is 0 Å². The Morgan fingerprint density at radius 3 is 2.56 bits per heavy atom. The molecule has 0 saturated carbocycles. The zero-order chi connectivity index (χ0) is 12.2. The van der Waals surface area contributed by atoms with E-state index in [1.807, 2.05) is 6.92 Å². The lowest BCUT2D eigenvalue weighted by Gasteiger charge is -2.08. The van der Waals surface area contributed by atoms with Crippen molar-refractivity contribution in [2.45, 2.75) is 20.8 Å². The van der Waals surface area contributed by atoms with Crippen molar-refractivity contribution < 1.29 is 8.42 Å². The summed E-state index contributed by atoms with van der Waals surface area (Å²) in [7, 11) is -3.29. The van der Waals surface area contributed by atoms with E-state index in [9.17, 15) is 8.42 Å². The minimum absolute atomic E-state index is 0.0604. The number of hydrogen-bond acceptors (Lipinski definition) is 4. The van der Waals surface area contributed by atoms with Gasteiger partial charge in [-0.3, -0.25) is 9.82 Å². The van der Waals surface area contributed by atoms with Gasteiger partial charge in [0, 0.05) is 6.54 Å². The molecule has 0 saturated heterocycles. The Morgan fingerprint density at radius 2 is 2.06 bits per heavy atom. The predicted octanol–water partition coefficient (Wildman–Crippen LogP) is 0.378. The molecule has 0 amide bonds. The molecule has 1 rings (SSSR count). The lowest BCUT2D eigenvalue weighted by molar-refractivity contribution is 0.597. The molecule has 1 heterocycles. The molecule has 0 radical (unpaired) electrons. The number of hydrogen-bond donors (Lipinski definition) is 3. The van der Waals surface area contributed by atoms with Crippen molar-refractivity contribution in [2.24, 2.45) is 0 Å². The van der Waals surface area contributed by atoms with Crippen LogP contribution in [-0.2, 0) is 10.0 Å². The summed E-state index contributed by atoms with van der Waals surface area (Å²) in [4.78, 5) is 0. The van der Waals surface area contributed by atoms with Crippen molar-refractivity contribution >= 4 is 15.7 Å². The molecule has 0 fully saturated rings. The van der Waals surface area contributed by atoms with E-state index in [1.54, 1.807) is 13.8 Å². The third kappa shape index (κ3) is 3.49. The topological polar surface area (TPSA) is 86.9 Å². The van der Waals surface area contributed by atoms with Gasteiger partial charge in [0.1, 0.15) is 0 Å². The van der Waals surface area contributed by atoms with Crippen molar-refractivity contribution in [1.82, 2.24) is 15.5 Å². The number of sulfonamides is 1. The largest absolute Gasteiger partial charge is 0.316 e. The van der Waals surface area contributed by atoms with Gasteiger partial charge < -0.3 is 5.32 Å². The van der Waals surface area contributed by atoms with E-state index in [4.69, 9.17) is 0 Å². The van der Waals surface area contributed by atoms with Gasteiger partial charge in [0.25, 0.3) is 0 Å². The van der Waals surface area contributed by atoms with Crippen LogP contribution >= 0.6 is 0 Å². The second-order valence-electron chi connectivity index (χ2n) is 3.58. The van der Waals surface area contributed by atoms with Crippen LogP contribution in [0.3, 0.4) is 0 Å². The predicted molar refractivity (Wildman–Crippen MR) is 64.0 cm³/mol. The number of anilines is 1. The normalized spacial score (nSPS) is 11.7. The Morgan fingerprint density at radius 1 is 1.38 bits per heavy atom. The molecule has 1 aromatic rings. The van der Waals surface area contributed by atoms with E-state index < -0.39 is 10.0 Å². The number of aromatic amines is 1. The van der Waals surface area contributed by atoms with Crippen LogP contribution in [0.4, 0.5) is 5.69 Å². The lowest BCUT2D eigenvalue weighted by atomic mass is 10.3. The zero-order valence-corrected chi connectivity index (χ0v) is 10.6. The van der Waals surface area contributed by atoms with Crippen LogP contribution in [-0.4, -0.2) is 37.5 Å². The fraction of sp³-hybridized carbons (Fsp3) is 0.667. The van der Waals surface area contributed by atoms with Crippen LogP contribution in [0, 0.1) is 13.8 Å². The zero-order valence-electron chi connectivity index (χ0n) is 9.79. The Kier molecular flexibility index (Phi) is 4.31. The maximum absolute atomic E-state index is 11.7. The van der Waals surface area contributed by atoms with Gasteiger partial charge in [-0.2, -0.15) is 5.10 Å². The molecule has 0 aromatic carbocycles. The van der Waals surface area contributed by atoms with Crippen molar-refractivity contribution in [1.29, 1.82) is 0 Å². The van der Waals surface area contributed by atoms with Crippen molar-refractivity contribution in [3.05, 3.63) is 11.4 Å². The highest BCUT2D eigenvalue weighted by atomic mass is 32.2. The van der Waals surface area contributed by atoms with Crippen LogP contribution in [0.25, 0.3) is 0 Å². The van der Waals surface area contributed by atoms with E-state index in [1.165, 1.54) is 0 Å². The third-order valence-corrected chi connectivity index (χ3v) is 3.44. The minimum Gasteiger partial charge on any atom is -0.316 e. The lowest BCUT2D eigenvalue weighted by Crippen LogP contribution is -2.26. The summed E-state index contributed by atoms with van der Waals surface area (Å²) in [6.45, 7) is 6.68. The molecule has 0 atom stereocenters. The maximum Gasteiger partial charge on any atom is 0.234 e. The molecule has 7 heteroatoms. The number of aryl methyl sites for hydroxylation is 2. The van der Waals surface area contributed by atoms with Crippen LogP contribution in [0.2, 0.25) is 0 Å². The summed E-state index contributed by atoms with van der Waals surface area (Å²) in [5, 5.41) is 9.63. The Hall–Kier alpha value is -1.08. The summed E-state index contributed by atoms with van der Waals surface area (Å²) in [5.41, 5.74) is 1.94. The number of nitrogens with zero attached hydrogens (tertiary/aromatic N) is 1. The van der Waals surface area contributed by atoms with Crippen LogP contribution < -0.4 is 10.0 Å². The summed E-state index contributed by atoms with van der Waals surface area (Å²) >= 11 is 0. The summed E-state index contributed by atoms with van der Waals surface area (Å²) in [6, 6.07) is 0. The van der Waals surface area contributed by atoms with Gasteiger partial charge in [-0.15, -0.1) is 0 Å². The van der Waals surface area contributed by atoms with Crippen molar-refractivity contribution in [2.75, 3.05) is 23.6 Å². The highest BCUT2D eigenvalue weighted by Crippen LogP contribution is 2.17. The molecule has 0 bridgehead atoms. The van der Waals surface area contributed by atoms with Gasteiger partial charge >= 0.3 is 0 Å². The van der Waals surface area contributed by atoms with Crippen LogP contribution in [0.15, 0.2) is 0 Å². The molecule has 3 N–H and O–H groups in total. The molecule has 1 aromatic heterocycles. The molecule has 0 aliphatic heterocycles. The molecule has 0 unspecified atom stereocenters. The van der Waals surface area contributed by atoms with E-state index in [0.29, 0.717) is 17.9 Å². The third-order valence-electron chi connectivity index (χ3n) is 2.18. The fourth-order valence-electron chi connectivity index (χ4n) is 1.29. The molecular weight excluding hydrogens is 228 g/mol. The molecule has 16 heavy (non-hydrogen) atoms. The van der Waals surface area contributed by atoms with Gasteiger partial charge in [0.15, 0.2) is 0 Å². The fourth-order valence-corrected chi connectivity index (χ4v) is 2.42. The summed E-state index contributed by atoms with van der Waals surface area (Å²) in [5.74, 6) is 0.0604. The second kappa shape index (κ2) is 5.31. The van der Waals surface area contributed by atoms with E-state index in [0.717, 1.165) is 12.2 Å². The number of nitrogens with one attached hydrogen (secondary N) is 3. The van der Waals surface area contributed by atoms with Gasteiger partial charge in [-0.1, -0.05) is 6.92 Å². The molecular formula is C9H18N4O2S. The van der Waals surface area contributed by atoms with Gasteiger partial charge in [-0.25, -0.2) is 8.42 Å². The average Bonchev–Trinajstić information content (AvgIpc) is 2.49. The average molecular weight is 246 g/mol. The Labute approximate surface area is 95.9 Å². The monoisotopic (exact) mass is 246 g/mol. The van der Waals surface area contributed by atoms with E-state index in [2.05, 4.69) is 20.2 Å². The number of aromatic nitrogens is 2. The van der Waals surface area contributed by atoms with Crippen molar-refractivity contribution in [3.63, 3.8) is 0 Å².